The van der Waals surface area contributed by atoms with Gasteiger partial charge in [0.25, 0.3) is 0 Å². The molecule has 2 aliphatic rings. The first kappa shape index (κ1) is 40.9. The summed E-state index contributed by atoms with van der Waals surface area (Å²) in [6, 6.07) is 31.8. The summed E-state index contributed by atoms with van der Waals surface area (Å²) in [6.07, 6.45) is 1.95. The van der Waals surface area contributed by atoms with Crippen molar-refractivity contribution in [3.05, 3.63) is 142 Å². The molecule has 0 unspecified atom stereocenters. The van der Waals surface area contributed by atoms with E-state index in [-0.39, 0.29) is 24.0 Å². The zero-order chi connectivity index (χ0) is 41.0. The van der Waals surface area contributed by atoms with Crippen molar-refractivity contribution in [3.8, 4) is 0 Å². The number of fused-ring (bicyclic) bond motifs is 2. The second kappa shape index (κ2) is 17.3. The van der Waals surface area contributed by atoms with E-state index in [1.807, 2.05) is 77.0 Å². The fourth-order valence-electron chi connectivity index (χ4n) is 8.11. The molecule has 0 spiro atoms. The van der Waals surface area contributed by atoms with Crippen LogP contribution in [0.5, 0.6) is 0 Å². The van der Waals surface area contributed by atoms with Gasteiger partial charge >= 0.3 is 6.03 Å². The van der Waals surface area contributed by atoms with Gasteiger partial charge in [-0.3, -0.25) is 4.79 Å². The van der Waals surface area contributed by atoms with Crippen LogP contribution in [0.4, 0.5) is 10.5 Å². The van der Waals surface area contributed by atoms with Crippen LogP contribution in [0.3, 0.4) is 0 Å². The number of amides is 2. The van der Waals surface area contributed by atoms with Gasteiger partial charge in [0, 0.05) is 49.3 Å². The molecule has 12 nitrogen and oxygen atoms in total. The summed E-state index contributed by atoms with van der Waals surface area (Å²) >= 11 is 0. The monoisotopic (exact) mass is 799 g/mol. The minimum atomic E-state index is -1.22. The maximum atomic E-state index is 15.6. The number of rotatable bonds is 15. The molecule has 2 saturated heterocycles. The Morgan fingerprint density at radius 3 is 1.97 bits per heavy atom. The minimum absolute atomic E-state index is 0.170. The van der Waals surface area contributed by atoms with E-state index in [4.69, 9.17) is 14.2 Å². The van der Waals surface area contributed by atoms with Crippen LogP contribution < -0.4 is 0 Å². The molecule has 4 aromatic carbocycles. The lowest BCUT2D eigenvalue weighted by molar-refractivity contribution is -0.157. The lowest BCUT2D eigenvalue weighted by Gasteiger charge is -2.37. The van der Waals surface area contributed by atoms with Crippen molar-refractivity contribution in [1.29, 1.82) is 0 Å². The minimum Gasteiger partial charge on any atom is -0.360 e. The van der Waals surface area contributed by atoms with Crippen LogP contribution in [0.15, 0.2) is 108 Å². The molecular weight excluding hydrogens is 747 g/mol. The van der Waals surface area contributed by atoms with Gasteiger partial charge in [0.15, 0.2) is 11.6 Å². The van der Waals surface area contributed by atoms with E-state index in [1.165, 1.54) is 6.92 Å². The van der Waals surface area contributed by atoms with Crippen molar-refractivity contribution in [3.63, 3.8) is 0 Å². The Balaban J connectivity index is 1.30. The predicted octanol–water partition coefficient (Wildman–Crippen LogP) is 9.67. The first-order valence-corrected chi connectivity index (χ1v) is 23.7. The predicted molar refractivity (Wildman–Crippen MR) is 227 cm³/mol. The maximum Gasteiger partial charge on any atom is 0.321 e. The molecule has 7 rings (SSSR count). The molecule has 13 heteroatoms. The van der Waals surface area contributed by atoms with E-state index in [0.29, 0.717) is 38.3 Å². The fourth-order valence-corrected chi connectivity index (χ4v) is 8.87. The van der Waals surface area contributed by atoms with Crippen LogP contribution in [-0.2, 0) is 46.9 Å². The number of ether oxygens (including phenoxy) is 3. The third kappa shape index (κ3) is 9.52. The van der Waals surface area contributed by atoms with Gasteiger partial charge in [-0.25, -0.2) is 9.48 Å². The van der Waals surface area contributed by atoms with Gasteiger partial charge in [-0.15, -0.1) is 0 Å². The molecule has 5 aromatic rings. The molecular formula is C45H53N7O5Si. The number of nitrogens with zero attached hydrogens (tertiary/aromatic N) is 7. The highest BCUT2D eigenvalue weighted by atomic mass is 28.3. The van der Waals surface area contributed by atoms with E-state index in [0.717, 1.165) is 39.2 Å². The summed E-state index contributed by atoms with van der Waals surface area (Å²) in [7, 11) is -1.22. The summed E-state index contributed by atoms with van der Waals surface area (Å²) in [5.41, 5.74) is 14.5. The molecule has 0 saturated carbocycles. The molecule has 0 N–H and O–H groups in total. The number of carbonyl (C=O) groups is 2. The van der Waals surface area contributed by atoms with Crippen LogP contribution in [0.25, 0.3) is 21.3 Å². The molecule has 3 heterocycles. The van der Waals surface area contributed by atoms with Crippen molar-refractivity contribution in [2.75, 3.05) is 6.61 Å². The first-order chi connectivity index (χ1) is 27.8. The van der Waals surface area contributed by atoms with Crippen LogP contribution in [-0.4, -0.2) is 76.2 Å². The highest BCUT2D eigenvalue weighted by Gasteiger charge is 2.55. The van der Waals surface area contributed by atoms with Crippen LogP contribution in [0, 0.1) is 0 Å². The number of aromatic nitrogens is 2. The number of carbonyl (C=O) groups excluding carboxylic acids is 2. The number of ketones is 1. The smallest absolute Gasteiger partial charge is 0.321 e. The van der Waals surface area contributed by atoms with Crippen LogP contribution >= 0.6 is 0 Å². The number of benzene rings is 4. The molecule has 2 amide bonds. The Labute approximate surface area is 341 Å². The standard InChI is InChI=1S/C45H53N7O5Si/c1-31(53)37-24-35(17-19-38(37)48-49-46)29-51-41(26-33-15-11-8-12-16-33)43-42(56-45(2,3)57-43)40(25-32-13-9-7-10-14-32)50(44(51)54)28-34-18-20-39-36(23-34)27-47-52(39)30-55-21-22-58(4,5)6/h7-20,23-24,27,40-43H,21-22,25-26,28-30H2,1-6H3/t40-,41-,42+,43+/m1/s1. The Kier molecular flexibility index (Phi) is 12.2. The van der Waals surface area contributed by atoms with Crippen molar-refractivity contribution in [2.45, 2.75) is 109 Å². The van der Waals surface area contributed by atoms with Crippen molar-refractivity contribution in [2.24, 2.45) is 5.11 Å². The van der Waals surface area contributed by atoms with Gasteiger partial charge in [-0.2, -0.15) is 5.10 Å². The molecule has 4 atom stereocenters. The van der Waals surface area contributed by atoms with Gasteiger partial charge in [-0.1, -0.05) is 104 Å². The number of azide groups is 1. The second-order valence-electron chi connectivity index (χ2n) is 17.1. The number of hydrogen-bond donors (Lipinski definition) is 0. The summed E-state index contributed by atoms with van der Waals surface area (Å²) in [5, 5.41) is 9.37. The molecule has 0 radical (unpaired) electrons. The molecule has 1 aromatic heterocycles. The molecule has 2 aliphatic heterocycles. The first-order valence-electron chi connectivity index (χ1n) is 20.0. The summed E-state index contributed by atoms with van der Waals surface area (Å²) in [4.78, 5) is 35.1. The third-order valence-corrected chi connectivity index (χ3v) is 12.7. The Morgan fingerprint density at radius 1 is 0.845 bits per heavy atom. The molecule has 0 bridgehead atoms. The van der Waals surface area contributed by atoms with Crippen molar-refractivity contribution < 1.29 is 23.8 Å². The maximum absolute atomic E-state index is 15.6. The van der Waals surface area contributed by atoms with Gasteiger partial charge in [0.2, 0.25) is 0 Å². The highest BCUT2D eigenvalue weighted by molar-refractivity contribution is 6.76. The fraction of sp³-hybridized carbons (Fsp3) is 0.400. The van der Waals surface area contributed by atoms with E-state index < -0.39 is 38.2 Å². The van der Waals surface area contributed by atoms with Gasteiger partial charge in [0.05, 0.1) is 23.8 Å². The lowest BCUT2D eigenvalue weighted by atomic mass is 9.90. The summed E-state index contributed by atoms with van der Waals surface area (Å²) < 4.78 is 21.7. The Bertz CT molecular complexity index is 2290. The largest absolute Gasteiger partial charge is 0.360 e. The normalized spacial score (nSPS) is 20.5. The van der Waals surface area contributed by atoms with E-state index >= 15 is 4.79 Å². The summed E-state index contributed by atoms with van der Waals surface area (Å²) in [5.74, 6) is -1.15. The zero-order valence-electron chi connectivity index (χ0n) is 34.2. The molecule has 302 valence electrons. The van der Waals surface area contributed by atoms with Gasteiger partial charge in [-0.05, 0) is 85.6 Å². The molecule has 2 fully saturated rings. The van der Waals surface area contributed by atoms with E-state index in [2.05, 4.69) is 77.2 Å². The number of hydrogen-bond acceptors (Lipinski definition) is 7. The average Bonchev–Trinajstić information content (AvgIpc) is 3.73. The van der Waals surface area contributed by atoms with Crippen molar-refractivity contribution in [1.82, 2.24) is 19.6 Å². The highest BCUT2D eigenvalue weighted by Crippen LogP contribution is 2.41. The Hall–Kier alpha value is -5.30. The van der Waals surface area contributed by atoms with E-state index in [9.17, 15) is 10.3 Å². The average molecular weight is 800 g/mol. The topological polar surface area (TPSA) is 135 Å². The third-order valence-electron chi connectivity index (χ3n) is 11.0. The van der Waals surface area contributed by atoms with E-state index in [1.54, 1.807) is 12.1 Å². The Morgan fingerprint density at radius 2 is 1.41 bits per heavy atom. The summed E-state index contributed by atoms with van der Waals surface area (Å²) in [6.45, 7) is 13.9. The molecule has 0 aliphatic carbocycles. The van der Waals surface area contributed by atoms with Gasteiger partial charge in [0.1, 0.15) is 18.9 Å². The lowest BCUT2D eigenvalue weighted by Crippen LogP contribution is -2.51. The van der Waals surface area contributed by atoms with Crippen LogP contribution in [0.2, 0.25) is 25.7 Å². The second-order valence-corrected chi connectivity index (χ2v) is 22.7. The molecule has 58 heavy (non-hydrogen) atoms. The number of Topliss-reactive ketones (excluding diaryl/α,β-unsaturated/α-hetero) is 1. The van der Waals surface area contributed by atoms with Crippen molar-refractivity contribution >= 4 is 36.5 Å². The van der Waals surface area contributed by atoms with Crippen LogP contribution in [0.1, 0.15) is 53.4 Å². The number of urea groups is 1. The zero-order valence-corrected chi connectivity index (χ0v) is 35.2. The quantitative estimate of drug-likeness (QED) is 0.0259. The SMILES string of the molecule is CC(=O)c1cc(CN2C(=O)N(Cc3ccc4c(cnn4COCC[Si](C)(C)C)c3)[C@H](Cc3ccccc3)[C@@H]3OC(C)(C)O[C@H]3[C@H]2Cc2ccccc2)ccc1N=[N+]=[N-]. The van der Waals surface area contributed by atoms with Gasteiger partial charge < -0.3 is 24.0 Å².